The molecule has 0 saturated heterocycles. The van der Waals surface area contributed by atoms with Crippen LogP contribution in [0.4, 0.5) is 0 Å². The summed E-state index contributed by atoms with van der Waals surface area (Å²) in [6, 6.07) is 5.33. The number of benzene rings is 1. The van der Waals surface area contributed by atoms with Crippen molar-refractivity contribution in [3.63, 3.8) is 0 Å². The largest absolute Gasteiger partial charge is 0.497 e. The van der Waals surface area contributed by atoms with E-state index in [1.54, 1.807) is 19.2 Å². The van der Waals surface area contributed by atoms with Crippen molar-refractivity contribution in [2.24, 2.45) is 0 Å². The molecule has 5 heteroatoms. The first-order valence-electron chi connectivity index (χ1n) is 5.30. The quantitative estimate of drug-likeness (QED) is 0.619. The molecule has 0 bridgehead atoms. The third-order valence-electron chi connectivity index (χ3n) is 2.68. The molecule has 4 nitrogen and oxygen atoms in total. The van der Waals surface area contributed by atoms with Crippen LogP contribution in [0.3, 0.4) is 0 Å². The normalized spacial score (nSPS) is 10.4. The molecule has 2 rings (SSSR count). The minimum atomic E-state index is -0.505. The number of pyridine rings is 1. The maximum atomic E-state index is 11.5. The van der Waals surface area contributed by atoms with Gasteiger partial charge in [-0.15, -0.1) is 0 Å². The molecule has 0 spiro atoms. The summed E-state index contributed by atoms with van der Waals surface area (Å²) in [4.78, 5) is 15.8. The second-order valence-corrected chi connectivity index (χ2v) is 4.19. The molecule has 0 N–H and O–H groups in total. The minimum Gasteiger partial charge on any atom is -0.497 e. The zero-order chi connectivity index (χ0) is 13.3. The summed E-state index contributed by atoms with van der Waals surface area (Å²) in [6.45, 7) is 1.91. The molecule has 2 aromatic rings. The Morgan fingerprint density at radius 3 is 2.61 bits per heavy atom. The first-order chi connectivity index (χ1) is 8.56. The summed E-state index contributed by atoms with van der Waals surface area (Å²) in [5, 5.41) is 0.930. The number of ether oxygens (including phenoxy) is 2. The zero-order valence-corrected chi connectivity index (χ0v) is 11.0. The third-order valence-corrected chi connectivity index (χ3v) is 2.96. The van der Waals surface area contributed by atoms with Crippen molar-refractivity contribution >= 4 is 28.5 Å². The molecule has 0 aliphatic rings. The molecular weight excluding hydrogens is 254 g/mol. The lowest BCUT2D eigenvalue weighted by Gasteiger charge is -2.08. The summed E-state index contributed by atoms with van der Waals surface area (Å²) in [5.74, 6) is 0.204. The Bertz CT molecular complexity index is 625. The first-order valence-corrected chi connectivity index (χ1v) is 5.68. The minimum absolute atomic E-state index is 0.141. The fourth-order valence-corrected chi connectivity index (χ4v) is 2.00. The van der Waals surface area contributed by atoms with Crippen molar-refractivity contribution in [1.29, 1.82) is 0 Å². The van der Waals surface area contributed by atoms with Crippen molar-refractivity contribution in [2.75, 3.05) is 14.2 Å². The molecule has 1 aromatic heterocycles. The van der Waals surface area contributed by atoms with Gasteiger partial charge in [0.1, 0.15) is 10.9 Å². The van der Waals surface area contributed by atoms with Gasteiger partial charge < -0.3 is 9.47 Å². The predicted octanol–water partition coefficient (Wildman–Crippen LogP) is 2.99. The van der Waals surface area contributed by atoms with Crippen LogP contribution < -0.4 is 4.74 Å². The Hall–Kier alpha value is -1.81. The van der Waals surface area contributed by atoms with Gasteiger partial charge in [-0.2, -0.15) is 0 Å². The number of aryl methyl sites for hydroxylation is 1. The van der Waals surface area contributed by atoms with E-state index >= 15 is 0 Å². The standard InChI is InChI=1S/C13H12ClNO3/c1-7-4-9(17-2)5-8-6-10(13(16)18-3)12(14)15-11(7)8/h4-6H,1-3H3. The number of hydrogen-bond acceptors (Lipinski definition) is 4. The van der Waals surface area contributed by atoms with Crippen molar-refractivity contribution in [1.82, 2.24) is 4.98 Å². The number of nitrogens with zero attached hydrogens (tertiary/aromatic N) is 1. The van der Waals surface area contributed by atoms with E-state index in [-0.39, 0.29) is 10.7 Å². The van der Waals surface area contributed by atoms with Crippen LogP contribution in [0.5, 0.6) is 5.75 Å². The van der Waals surface area contributed by atoms with E-state index in [2.05, 4.69) is 9.72 Å². The molecule has 0 aliphatic carbocycles. The van der Waals surface area contributed by atoms with Crippen LogP contribution in [0, 0.1) is 6.92 Å². The number of halogens is 1. The highest BCUT2D eigenvalue weighted by atomic mass is 35.5. The molecule has 0 unspecified atom stereocenters. The predicted molar refractivity (Wildman–Crippen MR) is 69.4 cm³/mol. The summed E-state index contributed by atoms with van der Waals surface area (Å²) in [5.41, 5.74) is 1.93. The monoisotopic (exact) mass is 265 g/mol. The molecule has 1 aromatic carbocycles. The van der Waals surface area contributed by atoms with Crippen LogP contribution in [0.2, 0.25) is 5.15 Å². The van der Waals surface area contributed by atoms with Crippen LogP contribution in [-0.2, 0) is 4.74 Å². The van der Waals surface area contributed by atoms with Crippen molar-refractivity contribution in [2.45, 2.75) is 6.92 Å². The van der Waals surface area contributed by atoms with E-state index in [0.29, 0.717) is 5.75 Å². The van der Waals surface area contributed by atoms with Gasteiger partial charge in [-0.3, -0.25) is 0 Å². The van der Waals surface area contributed by atoms with Crippen LogP contribution >= 0.6 is 11.6 Å². The lowest BCUT2D eigenvalue weighted by atomic mass is 10.1. The Kier molecular flexibility index (Phi) is 3.39. The topological polar surface area (TPSA) is 48.4 Å². The highest BCUT2D eigenvalue weighted by Gasteiger charge is 2.14. The molecule has 0 fully saturated rings. The summed E-state index contributed by atoms with van der Waals surface area (Å²) in [6.07, 6.45) is 0. The van der Waals surface area contributed by atoms with Gasteiger partial charge in [-0.1, -0.05) is 11.6 Å². The molecule has 0 saturated carbocycles. The maximum Gasteiger partial charge on any atom is 0.341 e. The summed E-state index contributed by atoms with van der Waals surface area (Å²) < 4.78 is 9.84. The Balaban J connectivity index is 2.72. The average Bonchev–Trinajstić information content (AvgIpc) is 2.37. The van der Waals surface area contributed by atoms with Gasteiger partial charge >= 0.3 is 5.97 Å². The fraction of sp³-hybridized carbons (Fsp3) is 0.231. The highest BCUT2D eigenvalue weighted by Crippen LogP contribution is 2.27. The fourth-order valence-electron chi connectivity index (χ4n) is 1.78. The number of hydrogen-bond donors (Lipinski definition) is 0. The summed E-state index contributed by atoms with van der Waals surface area (Å²) in [7, 11) is 2.89. The number of methoxy groups -OCH3 is 2. The Morgan fingerprint density at radius 2 is 2.00 bits per heavy atom. The zero-order valence-electron chi connectivity index (χ0n) is 10.3. The number of rotatable bonds is 2. The van der Waals surface area contributed by atoms with E-state index in [1.807, 2.05) is 13.0 Å². The van der Waals surface area contributed by atoms with Gasteiger partial charge in [0.25, 0.3) is 0 Å². The van der Waals surface area contributed by atoms with Gasteiger partial charge in [0.15, 0.2) is 0 Å². The van der Waals surface area contributed by atoms with Crippen LogP contribution in [0.25, 0.3) is 10.9 Å². The van der Waals surface area contributed by atoms with Gasteiger partial charge in [0.2, 0.25) is 0 Å². The number of carbonyl (C=O) groups excluding carboxylic acids is 1. The van der Waals surface area contributed by atoms with E-state index in [4.69, 9.17) is 16.3 Å². The molecule has 0 atom stereocenters. The number of aromatic nitrogens is 1. The van der Waals surface area contributed by atoms with Crippen molar-refractivity contribution in [3.05, 3.63) is 34.5 Å². The number of carbonyl (C=O) groups is 1. The maximum absolute atomic E-state index is 11.5. The van der Waals surface area contributed by atoms with Crippen LogP contribution in [-0.4, -0.2) is 25.2 Å². The molecule has 0 aliphatic heterocycles. The van der Waals surface area contributed by atoms with E-state index in [0.717, 1.165) is 16.5 Å². The molecular formula is C13H12ClNO3. The van der Waals surface area contributed by atoms with Crippen LogP contribution in [0.15, 0.2) is 18.2 Å². The molecule has 94 valence electrons. The van der Waals surface area contributed by atoms with Crippen molar-refractivity contribution in [3.8, 4) is 5.75 Å². The molecule has 0 amide bonds. The average molecular weight is 266 g/mol. The molecule has 0 radical (unpaired) electrons. The smallest absolute Gasteiger partial charge is 0.341 e. The molecule has 1 heterocycles. The summed E-state index contributed by atoms with van der Waals surface area (Å²) >= 11 is 5.98. The number of esters is 1. The number of fused-ring (bicyclic) bond motifs is 1. The first kappa shape index (κ1) is 12.6. The second-order valence-electron chi connectivity index (χ2n) is 3.83. The third kappa shape index (κ3) is 2.11. The molecule has 18 heavy (non-hydrogen) atoms. The van der Waals surface area contributed by atoms with E-state index in [9.17, 15) is 4.79 Å². The second kappa shape index (κ2) is 4.82. The Morgan fingerprint density at radius 1 is 1.28 bits per heavy atom. The Labute approximate surface area is 109 Å². The lowest BCUT2D eigenvalue weighted by Crippen LogP contribution is -2.04. The van der Waals surface area contributed by atoms with E-state index in [1.165, 1.54) is 7.11 Å². The lowest BCUT2D eigenvalue weighted by molar-refractivity contribution is 0.0600. The van der Waals surface area contributed by atoms with Gasteiger partial charge in [-0.25, -0.2) is 9.78 Å². The van der Waals surface area contributed by atoms with Gasteiger partial charge in [0.05, 0.1) is 25.3 Å². The van der Waals surface area contributed by atoms with Crippen molar-refractivity contribution < 1.29 is 14.3 Å². The highest BCUT2D eigenvalue weighted by molar-refractivity contribution is 6.33. The van der Waals surface area contributed by atoms with Crippen LogP contribution in [0.1, 0.15) is 15.9 Å². The van der Waals surface area contributed by atoms with Gasteiger partial charge in [0, 0.05) is 5.39 Å². The SMILES string of the molecule is COC(=O)c1cc2cc(OC)cc(C)c2nc1Cl. The van der Waals surface area contributed by atoms with Gasteiger partial charge in [-0.05, 0) is 30.7 Å². The van der Waals surface area contributed by atoms with E-state index < -0.39 is 5.97 Å².